The number of benzene rings is 2. The van der Waals surface area contributed by atoms with Crippen LogP contribution in [-0.4, -0.2) is 42.9 Å². The Morgan fingerprint density at radius 3 is 2.24 bits per heavy atom. The first-order valence-electron chi connectivity index (χ1n) is 10.5. The molecule has 154 valence electrons. The van der Waals surface area contributed by atoms with Gasteiger partial charge in [0.1, 0.15) is 0 Å². The zero-order chi connectivity index (χ0) is 20.5. The van der Waals surface area contributed by atoms with Crippen molar-refractivity contribution in [3.05, 3.63) is 66.2 Å². The molecule has 0 bridgehead atoms. The van der Waals surface area contributed by atoms with E-state index in [2.05, 4.69) is 34.5 Å². The van der Waals surface area contributed by atoms with E-state index in [-0.39, 0.29) is 17.9 Å². The molecule has 5 heteroatoms. The first-order chi connectivity index (χ1) is 14.1. The van der Waals surface area contributed by atoms with E-state index < -0.39 is 0 Å². The van der Waals surface area contributed by atoms with Gasteiger partial charge < -0.3 is 10.2 Å². The third-order valence-electron chi connectivity index (χ3n) is 5.51. The molecule has 1 N–H and O–H groups in total. The number of nitrogens with zero attached hydrogens (tertiary/aromatic N) is 2. The molecule has 5 nitrogen and oxygen atoms in total. The summed E-state index contributed by atoms with van der Waals surface area (Å²) in [6, 6.07) is 20.3. The molecule has 1 fully saturated rings. The van der Waals surface area contributed by atoms with Crippen LogP contribution in [0.2, 0.25) is 0 Å². The van der Waals surface area contributed by atoms with E-state index >= 15 is 0 Å². The highest BCUT2D eigenvalue weighted by atomic mass is 16.2. The number of para-hydroxylation sites is 1. The average molecular weight is 394 g/mol. The van der Waals surface area contributed by atoms with Crippen molar-refractivity contribution in [1.29, 1.82) is 0 Å². The molecule has 1 aliphatic heterocycles. The van der Waals surface area contributed by atoms with Gasteiger partial charge in [0.15, 0.2) is 0 Å². The highest BCUT2D eigenvalue weighted by Crippen LogP contribution is 2.15. The number of nitrogens with one attached hydrogen (secondary N) is 1. The molecule has 0 unspecified atom stereocenters. The predicted octanol–water partition coefficient (Wildman–Crippen LogP) is 3.60. The largest absolute Gasteiger partial charge is 0.353 e. The summed E-state index contributed by atoms with van der Waals surface area (Å²) < 4.78 is 0. The van der Waals surface area contributed by atoms with Crippen molar-refractivity contribution >= 4 is 17.5 Å². The Kier molecular flexibility index (Phi) is 7.82. The summed E-state index contributed by atoms with van der Waals surface area (Å²) in [6.07, 6.45) is 3.32. The topological polar surface area (TPSA) is 52.7 Å². The van der Waals surface area contributed by atoms with Gasteiger partial charge in [-0.1, -0.05) is 48.5 Å². The molecule has 2 amide bonds. The van der Waals surface area contributed by atoms with E-state index in [1.54, 1.807) is 11.9 Å². The van der Waals surface area contributed by atoms with Gasteiger partial charge in [-0.15, -0.1) is 0 Å². The number of hydrogen-bond donors (Lipinski definition) is 1. The van der Waals surface area contributed by atoms with Crippen LogP contribution in [0.25, 0.3) is 0 Å². The molecule has 0 aromatic heterocycles. The molecule has 0 aliphatic carbocycles. The Hall–Kier alpha value is -2.66. The molecule has 0 saturated carbocycles. The number of likely N-dealkylation sites (tertiary alicyclic amines) is 1. The highest BCUT2D eigenvalue weighted by molar-refractivity contribution is 5.93. The quantitative estimate of drug-likeness (QED) is 0.746. The summed E-state index contributed by atoms with van der Waals surface area (Å²) in [5, 5.41) is 3.15. The molecule has 1 aliphatic rings. The predicted molar refractivity (Wildman–Crippen MR) is 117 cm³/mol. The normalized spacial score (nSPS) is 15.1. The third-order valence-corrected chi connectivity index (χ3v) is 5.51. The van der Waals surface area contributed by atoms with Crippen molar-refractivity contribution < 1.29 is 9.59 Å². The average Bonchev–Trinajstić information content (AvgIpc) is 2.76. The van der Waals surface area contributed by atoms with E-state index in [1.165, 1.54) is 5.56 Å². The maximum atomic E-state index is 12.3. The number of hydrogen-bond acceptors (Lipinski definition) is 3. The summed E-state index contributed by atoms with van der Waals surface area (Å²) in [5.74, 6) is 0.0971. The molecule has 1 saturated heterocycles. The number of piperidine rings is 1. The van der Waals surface area contributed by atoms with Crippen molar-refractivity contribution in [3.63, 3.8) is 0 Å². The summed E-state index contributed by atoms with van der Waals surface area (Å²) in [6.45, 7) is 2.97. The fraction of sp³-hybridized carbons (Fsp3) is 0.417. The lowest BCUT2D eigenvalue weighted by Crippen LogP contribution is -2.44. The van der Waals surface area contributed by atoms with Crippen molar-refractivity contribution in [2.75, 3.05) is 25.0 Å². The Morgan fingerprint density at radius 2 is 1.59 bits per heavy atom. The molecular weight excluding hydrogens is 362 g/mol. The molecule has 0 radical (unpaired) electrons. The van der Waals surface area contributed by atoms with Gasteiger partial charge in [-0.2, -0.15) is 0 Å². The molecule has 0 atom stereocenters. The van der Waals surface area contributed by atoms with Gasteiger partial charge in [-0.25, -0.2) is 0 Å². The van der Waals surface area contributed by atoms with Crippen molar-refractivity contribution in [2.45, 2.75) is 44.7 Å². The van der Waals surface area contributed by atoms with Crippen molar-refractivity contribution in [2.24, 2.45) is 0 Å². The lowest BCUT2D eigenvalue weighted by Gasteiger charge is -2.32. The number of carbonyl (C=O) groups excluding carboxylic acids is 2. The van der Waals surface area contributed by atoms with E-state index in [0.29, 0.717) is 19.3 Å². The zero-order valence-electron chi connectivity index (χ0n) is 17.2. The van der Waals surface area contributed by atoms with Crippen LogP contribution in [0.1, 0.15) is 37.7 Å². The van der Waals surface area contributed by atoms with Crippen LogP contribution in [0.15, 0.2) is 60.7 Å². The van der Waals surface area contributed by atoms with Gasteiger partial charge in [0.05, 0.1) is 0 Å². The number of amides is 2. The number of rotatable bonds is 8. The minimum Gasteiger partial charge on any atom is -0.353 e. The van der Waals surface area contributed by atoms with E-state index in [0.717, 1.165) is 38.2 Å². The van der Waals surface area contributed by atoms with E-state index in [1.807, 2.05) is 36.4 Å². The second kappa shape index (κ2) is 10.8. The standard InChI is InChI=1S/C24H31N3O2/c1-26(22-11-6-3-7-12-22)24(29)14-8-13-23(28)25-21-15-17-27(18-16-21)19-20-9-4-2-5-10-20/h2-7,9-12,21H,8,13-19H2,1H3,(H,25,28). The minimum atomic E-state index is 0.0400. The maximum absolute atomic E-state index is 12.3. The fourth-order valence-corrected chi connectivity index (χ4v) is 3.74. The molecule has 2 aromatic carbocycles. The van der Waals surface area contributed by atoms with Gasteiger partial charge in [0.2, 0.25) is 11.8 Å². The highest BCUT2D eigenvalue weighted by Gasteiger charge is 2.20. The Labute approximate surface area is 173 Å². The lowest BCUT2D eigenvalue weighted by molar-refractivity contribution is -0.122. The Morgan fingerprint density at radius 1 is 0.966 bits per heavy atom. The number of carbonyl (C=O) groups is 2. The molecule has 3 rings (SSSR count). The molecular formula is C24H31N3O2. The molecule has 1 heterocycles. The summed E-state index contributed by atoms with van der Waals surface area (Å²) in [5.41, 5.74) is 2.21. The zero-order valence-corrected chi connectivity index (χ0v) is 17.2. The van der Waals surface area contributed by atoms with Crippen LogP contribution < -0.4 is 10.2 Å². The summed E-state index contributed by atoms with van der Waals surface area (Å²) >= 11 is 0. The second-order valence-corrected chi connectivity index (χ2v) is 7.75. The number of anilines is 1. The fourth-order valence-electron chi connectivity index (χ4n) is 3.74. The van der Waals surface area contributed by atoms with E-state index in [4.69, 9.17) is 0 Å². The first kappa shape index (κ1) is 21.1. The lowest BCUT2D eigenvalue weighted by atomic mass is 10.0. The smallest absolute Gasteiger partial charge is 0.226 e. The van der Waals surface area contributed by atoms with Crippen LogP contribution in [0.3, 0.4) is 0 Å². The Bertz CT molecular complexity index is 771. The van der Waals surface area contributed by atoms with Crippen LogP contribution >= 0.6 is 0 Å². The van der Waals surface area contributed by atoms with Crippen LogP contribution in [-0.2, 0) is 16.1 Å². The van der Waals surface area contributed by atoms with Crippen molar-refractivity contribution in [3.8, 4) is 0 Å². The van der Waals surface area contributed by atoms with Crippen LogP contribution in [0.4, 0.5) is 5.69 Å². The van der Waals surface area contributed by atoms with Gasteiger partial charge in [0, 0.05) is 51.3 Å². The van der Waals surface area contributed by atoms with E-state index in [9.17, 15) is 9.59 Å². The maximum Gasteiger partial charge on any atom is 0.226 e. The summed E-state index contributed by atoms with van der Waals surface area (Å²) in [7, 11) is 1.78. The van der Waals surface area contributed by atoms with Crippen LogP contribution in [0, 0.1) is 0 Å². The van der Waals surface area contributed by atoms with Crippen LogP contribution in [0.5, 0.6) is 0 Å². The van der Waals surface area contributed by atoms with Gasteiger partial charge in [-0.3, -0.25) is 14.5 Å². The summed E-state index contributed by atoms with van der Waals surface area (Å²) in [4.78, 5) is 28.6. The van der Waals surface area contributed by atoms with Crippen molar-refractivity contribution in [1.82, 2.24) is 10.2 Å². The van der Waals surface area contributed by atoms with Gasteiger partial charge in [-0.05, 0) is 37.0 Å². The second-order valence-electron chi connectivity index (χ2n) is 7.75. The minimum absolute atomic E-state index is 0.0400. The van der Waals surface area contributed by atoms with Gasteiger partial charge in [0.25, 0.3) is 0 Å². The molecule has 0 spiro atoms. The SMILES string of the molecule is CN(C(=O)CCCC(=O)NC1CCN(Cc2ccccc2)CC1)c1ccccc1. The monoisotopic (exact) mass is 393 g/mol. The Balaban J connectivity index is 1.31. The third kappa shape index (κ3) is 6.71. The molecule has 2 aromatic rings. The molecule has 29 heavy (non-hydrogen) atoms. The first-order valence-corrected chi connectivity index (χ1v) is 10.5. The van der Waals surface area contributed by atoms with Gasteiger partial charge >= 0.3 is 0 Å².